The van der Waals surface area contributed by atoms with Crippen LogP contribution in [0.25, 0.3) is 0 Å². The Kier molecular flexibility index (Phi) is 5.24. The van der Waals surface area contributed by atoms with E-state index >= 15 is 0 Å². The Morgan fingerprint density at radius 3 is 2.33 bits per heavy atom. The van der Waals surface area contributed by atoms with Crippen LogP contribution in [-0.2, 0) is 0 Å². The van der Waals surface area contributed by atoms with Crippen LogP contribution in [-0.4, -0.2) is 50.1 Å². The van der Waals surface area contributed by atoms with Crippen molar-refractivity contribution in [3.8, 4) is 0 Å². The zero-order valence-electron chi connectivity index (χ0n) is 10.8. The van der Waals surface area contributed by atoms with Crippen LogP contribution in [0.15, 0.2) is 11.9 Å². The van der Waals surface area contributed by atoms with E-state index in [1.807, 2.05) is 0 Å². The van der Waals surface area contributed by atoms with Crippen molar-refractivity contribution in [2.45, 2.75) is 51.4 Å². The average Bonchev–Trinajstić information content (AvgIpc) is 2.82. The van der Waals surface area contributed by atoms with E-state index in [1.54, 1.807) is 18.7 Å². The number of rotatable bonds is 1. The molecule has 0 aromatic heterocycles. The monoisotopic (exact) mass is 263 g/mol. The zero-order chi connectivity index (χ0) is 13.9. The topological polar surface area (TPSA) is 84.2 Å². The van der Waals surface area contributed by atoms with Crippen molar-refractivity contribution < 1.29 is 24.8 Å². The van der Waals surface area contributed by atoms with Crippen molar-refractivity contribution in [2.24, 2.45) is 5.92 Å². The predicted molar refractivity (Wildman–Crippen MR) is 63.8 cm³/mol. The van der Waals surface area contributed by atoms with Gasteiger partial charge in [0.2, 0.25) is 0 Å². The maximum Gasteiger partial charge on any atom is 0.251 e. The van der Waals surface area contributed by atoms with Crippen molar-refractivity contribution in [3.63, 3.8) is 0 Å². The van der Waals surface area contributed by atoms with Gasteiger partial charge < -0.3 is 20.4 Å². The molecule has 0 saturated carbocycles. The van der Waals surface area contributed by atoms with Gasteiger partial charge in [-0.2, -0.15) is 0 Å². The summed E-state index contributed by atoms with van der Waals surface area (Å²) in [7, 11) is 0. The van der Waals surface area contributed by atoms with Crippen LogP contribution in [0.5, 0.6) is 0 Å². The van der Waals surface area contributed by atoms with Gasteiger partial charge in [-0.3, -0.25) is 0 Å². The number of fused-ring (bicyclic) bond motifs is 1. The Labute approximate surface area is 106 Å². The minimum Gasteiger partial charge on any atom is -0.368 e. The lowest BCUT2D eigenvalue weighted by Gasteiger charge is -2.27. The largest absolute Gasteiger partial charge is 0.368 e. The van der Waals surface area contributed by atoms with E-state index in [4.69, 9.17) is 10.2 Å². The fourth-order valence-electron chi connectivity index (χ4n) is 2.15. The molecule has 0 amide bonds. The lowest BCUT2D eigenvalue weighted by Crippen LogP contribution is -2.45. The average molecular weight is 263 g/mol. The standard InChI is InChI=1S/C8H12FNO2.C4H10O2/c9-5-6-4-7-2-1-3-10(7)8(6,11)12;1-3(2)4(5)6/h5,7,11-12H,1-4H2;3-6H,1-2H3/b6-5-;. The highest BCUT2D eigenvalue weighted by Gasteiger charge is 2.49. The Morgan fingerprint density at radius 2 is 1.94 bits per heavy atom. The summed E-state index contributed by atoms with van der Waals surface area (Å²) < 4.78 is 12.2. The van der Waals surface area contributed by atoms with Crippen molar-refractivity contribution in [2.75, 3.05) is 6.54 Å². The van der Waals surface area contributed by atoms with Crippen LogP contribution < -0.4 is 0 Å². The van der Waals surface area contributed by atoms with E-state index < -0.39 is 12.2 Å². The van der Waals surface area contributed by atoms with Crippen molar-refractivity contribution >= 4 is 0 Å². The van der Waals surface area contributed by atoms with Crippen molar-refractivity contribution in [1.82, 2.24) is 4.90 Å². The smallest absolute Gasteiger partial charge is 0.251 e. The van der Waals surface area contributed by atoms with Gasteiger partial charge in [-0.25, -0.2) is 9.29 Å². The molecule has 2 aliphatic heterocycles. The number of halogens is 1. The van der Waals surface area contributed by atoms with E-state index in [0.717, 1.165) is 12.8 Å². The fourth-order valence-corrected chi connectivity index (χ4v) is 2.15. The second-order valence-electron chi connectivity index (χ2n) is 5.12. The summed E-state index contributed by atoms with van der Waals surface area (Å²) >= 11 is 0. The highest BCUT2D eigenvalue weighted by molar-refractivity contribution is 5.18. The molecule has 4 N–H and O–H groups in total. The molecule has 0 bridgehead atoms. The number of aliphatic hydroxyl groups excluding tert-OH is 1. The molecule has 2 fully saturated rings. The number of hydrogen-bond acceptors (Lipinski definition) is 5. The van der Waals surface area contributed by atoms with Gasteiger partial charge in [-0.1, -0.05) is 13.8 Å². The molecule has 2 rings (SSSR count). The number of nitrogens with zero attached hydrogens (tertiary/aromatic N) is 1. The van der Waals surface area contributed by atoms with Crippen LogP contribution in [0.3, 0.4) is 0 Å². The SMILES string of the molecule is CC(C)C(O)O.OC1(O)/C(=C\F)CC2CCCN21. The first-order valence-corrected chi connectivity index (χ1v) is 6.18. The van der Waals surface area contributed by atoms with E-state index in [0.29, 0.717) is 19.3 Å². The molecular weight excluding hydrogens is 241 g/mol. The minimum atomic E-state index is -2.02. The van der Waals surface area contributed by atoms with Crippen LogP contribution in [0.1, 0.15) is 33.1 Å². The molecule has 1 unspecified atom stereocenters. The summed E-state index contributed by atoms with van der Waals surface area (Å²) in [4.78, 5) is 1.55. The molecule has 0 aromatic carbocycles. The first-order valence-electron chi connectivity index (χ1n) is 6.18. The third kappa shape index (κ3) is 3.27. The van der Waals surface area contributed by atoms with Crippen molar-refractivity contribution in [1.29, 1.82) is 0 Å². The van der Waals surface area contributed by atoms with Crippen LogP contribution in [0, 0.1) is 5.92 Å². The van der Waals surface area contributed by atoms with Crippen molar-refractivity contribution in [3.05, 3.63) is 11.9 Å². The summed E-state index contributed by atoms with van der Waals surface area (Å²) in [6.07, 6.45) is 1.51. The van der Waals surface area contributed by atoms with E-state index in [1.165, 1.54) is 0 Å². The third-order valence-corrected chi connectivity index (χ3v) is 3.39. The lowest BCUT2D eigenvalue weighted by molar-refractivity contribution is -0.220. The van der Waals surface area contributed by atoms with Gasteiger partial charge in [-0.05, 0) is 19.3 Å². The highest BCUT2D eigenvalue weighted by Crippen LogP contribution is 2.40. The van der Waals surface area contributed by atoms with E-state index in [2.05, 4.69) is 0 Å². The van der Waals surface area contributed by atoms with Crippen LogP contribution >= 0.6 is 0 Å². The number of hydrogen-bond donors (Lipinski definition) is 4. The van der Waals surface area contributed by atoms with Gasteiger partial charge in [0.1, 0.15) is 0 Å². The molecule has 1 atom stereocenters. The molecule has 2 heterocycles. The molecule has 106 valence electrons. The lowest BCUT2D eigenvalue weighted by atomic mass is 10.1. The molecule has 6 heteroatoms. The second-order valence-corrected chi connectivity index (χ2v) is 5.12. The van der Waals surface area contributed by atoms with E-state index in [9.17, 15) is 14.6 Å². The molecule has 0 spiro atoms. The Hall–Kier alpha value is -0.530. The van der Waals surface area contributed by atoms with Gasteiger partial charge in [0.15, 0.2) is 6.29 Å². The normalized spacial score (nSPS) is 28.7. The van der Waals surface area contributed by atoms with Gasteiger partial charge >= 0.3 is 0 Å². The third-order valence-electron chi connectivity index (χ3n) is 3.39. The summed E-state index contributed by atoms with van der Waals surface area (Å²) in [6, 6.07) is 0.127. The molecule has 0 radical (unpaired) electrons. The van der Waals surface area contributed by atoms with Gasteiger partial charge in [0.05, 0.1) is 6.33 Å². The zero-order valence-corrected chi connectivity index (χ0v) is 10.8. The molecular formula is C12H22FNO4. The van der Waals surface area contributed by atoms with Crippen LogP contribution in [0.2, 0.25) is 0 Å². The van der Waals surface area contributed by atoms with Gasteiger partial charge in [-0.15, -0.1) is 0 Å². The van der Waals surface area contributed by atoms with Crippen LogP contribution in [0.4, 0.5) is 4.39 Å². The minimum absolute atomic E-state index is 0.0370. The summed E-state index contributed by atoms with van der Waals surface area (Å²) in [6.45, 7) is 4.13. The maximum atomic E-state index is 12.2. The molecule has 5 nitrogen and oxygen atoms in total. The molecule has 0 aliphatic carbocycles. The van der Waals surface area contributed by atoms with Gasteiger partial charge in [0.25, 0.3) is 5.91 Å². The maximum absolute atomic E-state index is 12.2. The first-order chi connectivity index (χ1) is 8.30. The Balaban J connectivity index is 0.000000232. The molecule has 18 heavy (non-hydrogen) atoms. The molecule has 0 aromatic rings. The Morgan fingerprint density at radius 1 is 1.39 bits per heavy atom. The summed E-state index contributed by atoms with van der Waals surface area (Å²) in [5.41, 5.74) is 0.0900. The summed E-state index contributed by atoms with van der Waals surface area (Å²) in [5.74, 6) is -2.05. The quantitative estimate of drug-likeness (QED) is 0.511. The van der Waals surface area contributed by atoms with Gasteiger partial charge in [0, 0.05) is 24.1 Å². The summed E-state index contributed by atoms with van der Waals surface area (Å²) in [5, 5.41) is 35.4. The predicted octanol–water partition coefficient (Wildman–Crippen LogP) is 0.299. The molecule has 2 saturated heterocycles. The molecule has 2 aliphatic rings. The first kappa shape index (κ1) is 15.5. The second kappa shape index (κ2) is 6.08. The fraction of sp³-hybridized carbons (Fsp3) is 0.833. The highest BCUT2D eigenvalue weighted by atomic mass is 19.1. The number of aliphatic hydroxyl groups is 4. The van der Waals surface area contributed by atoms with E-state index in [-0.39, 0.29) is 17.5 Å². The Bertz CT molecular complexity index is 298.